The molecule has 63 heavy (non-hydrogen) atoms. The third-order valence-electron chi connectivity index (χ3n) is 14.7. The molecule has 0 heterocycles. The van der Waals surface area contributed by atoms with E-state index in [4.69, 9.17) is 0 Å². The Hall–Kier alpha value is -8.00. The van der Waals surface area contributed by atoms with Crippen molar-refractivity contribution in [3.05, 3.63) is 281 Å². The van der Waals surface area contributed by atoms with E-state index in [9.17, 15) is 0 Å². The number of hydrogen-bond acceptors (Lipinski definition) is 1. The van der Waals surface area contributed by atoms with Crippen LogP contribution >= 0.6 is 0 Å². The van der Waals surface area contributed by atoms with Gasteiger partial charge in [-0.2, -0.15) is 0 Å². The molecule has 0 atom stereocenters. The minimum atomic E-state index is -0.446. The first-order valence-electron chi connectivity index (χ1n) is 22.1. The van der Waals surface area contributed by atoms with Gasteiger partial charge in [0.1, 0.15) is 0 Å². The summed E-state index contributed by atoms with van der Waals surface area (Å²) in [6.45, 7) is 0. The van der Waals surface area contributed by atoms with E-state index in [1.807, 2.05) is 0 Å². The smallest absolute Gasteiger partial charge is 0.0726 e. The molecule has 0 fully saturated rings. The predicted molar refractivity (Wildman–Crippen MR) is 259 cm³/mol. The molecule has 0 bridgehead atoms. The normalized spacial score (nSPS) is 14.3. The molecule has 10 aromatic rings. The highest BCUT2D eigenvalue weighted by molar-refractivity contribution is 6.00. The van der Waals surface area contributed by atoms with E-state index >= 15 is 0 Å². The summed E-state index contributed by atoms with van der Waals surface area (Å²) in [4.78, 5) is 2.49. The van der Waals surface area contributed by atoms with Gasteiger partial charge in [-0.25, -0.2) is 0 Å². The molecule has 0 aliphatic heterocycles. The molecule has 1 spiro atoms. The third-order valence-corrected chi connectivity index (χ3v) is 14.7. The van der Waals surface area contributed by atoms with E-state index < -0.39 is 10.8 Å². The molecule has 0 radical (unpaired) electrons. The third kappa shape index (κ3) is 4.41. The summed E-state index contributed by atoms with van der Waals surface area (Å²) in [6, 6.07) is 88.8. The lowest BCUT2D eigenvalue weighted by atomic mass is 9.70. The zero-order chi connectivity index (χ0) is 41.3. The minimum Gasteiger partial charge on any atom is -0.310 e. The Morgan fingerprint density at radius 3 is 1.19 bits per heavy atom. The molecule has 4 aliphatic carbocycles. The molecular formula is C62H39N. The second-order valence-corrected chi connectivity index (χ2v) is 17.5. The second kappa shape index (κ2) is 12.8. The second-order valence-electron chi connectivity index (χ2n) is 17.5. The van der Waals surface area contributed by atoms with E-state index in [2.05, 4.69) is 241 Å². The topological polar surface area (TPSA) is 3.24 Å². The average Bonchev–Trinajstić information content (AvgIpc) is 4.04. The van der Waals surface area contributed by atoms with Crippen LogP contribution in [-0.2, 0) is 10.8 Å². The first-order chi connectivity index (χ1) is 31.3. The highest BCUT2D eigenvalue weighted by atomic mass is 15.1. The molecular weight excluding hydrogens is 759 g/mol. The fourth-order valence-electron chi connectivity index (χ4n) is 12.3. The molecule has 10 aromatic carbocycles. The van der Waals surface area contributed by atoms with Gasteiger partial charge < -0.3 is 4.90 Å². The minimum absolute atomic E-state index is 0.444. The van der Waals surface area contributed by atoms with Gasteiger partial charge in [0.05, 0.1) is 10.8 Å². The summed E-state index contributed by atoms with van der Waals surface area (Å²) in [5.74, 6) is 0. The van der Waals surface area contributed by atoms with Crippen LogP contribution in [0.3, 0.4) is 0 Å². The quantitative estimate of drug-likeness (QED) is 0.168. The number of anilines is 3. The Morgan fingerprint density at radius 2 is 0.635 bits per heavy atom. The molecule has 0 saturated heterocycles. The van der Waals surface area contributed by atoms with Crippen LogP contribution in [0.15, 0.2) is 237 Å². The van der Waals surface area contributed by atoms with Crippen molar-refractivity contribution in [2.75, 3.05) is 4.90 Å². The fourth-order valence-corrected chi connectivity index (χ4v) is 12.3. The Kier molecular flexibility index (Phi) is 7.03. The van der Waals surface area contributed by atoms with Crippen molar-refractivity contribution in [3.63, 3.8) is 0 Å². The van der Waals surface area contributed by atoms with Crippen molar-refractivity contribution in [2.24, 2.45) is 0 Å². The number of fused-ring (bicyclic) bond motifs is 16. The fraction of sp³-hybridized carbons (Fsp3) is 0.0323. The van der Waals surface area contributed by atoms with Crippen LogP contribution in [0, 0.1) is 0 Å². The Labute approximate surface area is 367 Å². The summed E-state index contributed by atoms with van der Waals surface area (Å²) >= 11 is 0. The van der Waals surface area contributed by atoms with E-state index in [0.29, 0.717) is 0 Å². The lowest BCUT2D eigenvalue weighted by Gasteiger charge is -2.34. The maximum absolute atomic E-state index is 2.51. The summed E-state index contributed by atoms with van der Waals surface area (Å²) in [5.41, 5.74) is 26.2. The molecule has 0 N–H and O–H groups in total. The molecule has 0 aromatic heterocycles. The molecule has 4 aliphatic rings. The van der Waals surface area contributed by atoms with Crippen LogP contribution in [-0.4, -0.2) is 0 Å². The van der Waals surface area contributed by atoms with Crippen molar-refractivity contribution >= 4 is 17.1 Å². The van der Waals surface area contributed by atoms with Gasteiger partial charge in [-0.1, -0.05) is 200 Å². The maximum Gasteiger partial charge on any atom is 0.0726 e. The van der Waals surface area contributed by atoms with Crippen molar-refractivity contribution in [1.82, 2.24) is 0 Å². The van der Waals surface area contributed by atoms with E-state index in [1.165, 1.54) is 100 Å². The predicted octanol–water partition coefficient (Wildman–Crippen LogP) is 15.5. The highest BCUT2D eigenvalue weighted by Gasteiger charge is 2.53. The maximum atomic E-state index is 2.51. The van der Waals surface area contributed by atoms with Crippen molar-refractivity contribution < 1.29 is 0 Å². The summed E-state index contributed by atoms with van der Waals surface area (Å²) < 4.78 is 0. The molecule has 292 valence electrons. The van der Waals surface area contributed by atoms with E-state index in [-0.39, 0.29) is 0 Å². The Balaban J connectivity index is 1.02. The molecule has 0 saturated carbocycles. The standard InChI is InChI=1S/C62H39N/c1-2-16-40(17-3-1)41-32-34-43(35-33-41)63(44-19-14-18-42(38-44)61-54-27-9-7-23-49(54)52-25-15-26-53(60(52)61)50-24-8-10-28-55(50)61)45-36-37-51-48-22-6-13-31-58(48)62(59(51)39-45)56-29-11-4-20-46(56)47-21-5-12-30-57(47)62/h1-39H. The lowest BCUT2D eigenvalue weighted by Crippen LogP contribution is -2.27. The number of hydrogen-bond donors (Lipinski definition) is 0. The van der Waals surface area contributed by atoms with Gasteiger partial charge in [0.2, 0.25) is 0 Å². The largest absolute Gasteiger partial charge is 0.310 e. The zero-order valence-corrected chi connectivity index (χ0v) is 34.5. The Bertz CT molecular complexity index is 3390. The van der Waals surface area contributed by atoms with Gasteiger partial charge in [0.25, 0.3) is 0 Å². The first kappa shape index (κ1) is 34.7. The number of benzene rings is 10. The lowest BCUT2D eigenvalue weighted by molar-refractivity contribution is 0.791. The van der Waals surface area contributed by atoms with Crippen LogP contribution in [0.1, 0.15) is 44.5 Å². The van der Waals surface area contributed by atoms with Gasteiger partial charge >= 0.3 is 0 Å². The molecule has 1 nitrogen and oxygen atoms in total. The van der Waals surface area contributed by atoms with Crippen molar-refractivity contribution in [2.45, 2.75) is 10.8 Å². The monoisotopic (exact) mass is 797 g/mol. The van der Waals surface area contributed by atoms with Gasteiger partial charge in [-0.3, -0.25) is 0 Å². The van der Waals surface area contributed by atoms with Crippen LogP contribution in [0.4, 0.5) is 17.1 Å². The highest BCUT2D eigenvalue weighted by Crippen LogP contribution is 2.66. The summed E-state index contributed by atoms with van der Waals surface area (Å²) in [7, 11) is 0. The SMILES string of the molecule is c1ccc(-c2ccc(N(c3cccc(C45c6ccccc6-c6cccc(c64)-c4ccccc45)c3)c3ccc4c(c3)C3(c5ccccc5-c5ccccc53)c3ccccc3-4)cc2)cc1. The number of nitrogens with zero attached hydrogens (tertiary/aromatic N) is 1. The number of rotatable bonds is 5. The van der Waals surface area contributed by atoms with Crippen molar-refractivity contribution in [3.8, 4) is 55.6 Å². The van der Waals surface area contributed by atoms with Gasteiger partial charge in [0, 0.05) is 17.1 Å². The molecule has 0 amide bonds. The van der Waals surface area contributed by atoms with Crippen LogP contribution in [0.25, 0.3) is 55.6 Å². The first-order valence-corrected chi connectivity index (χ1v) is 22.1. The summed E-state index contributed by atoms with van der Waals surface area (Å²) in [6.07, 6.45) is 0. The zero-order valence-electron chi connectivity index (χ0n) is 34.5. The summed E-state index contributed by atoms with van der Waals surface area (Å²) in [5, 5.41) is 0. The average molecular weight is 798 g/mol. The van der Waals surface area contributed by atoms with Gasteiger partial charge in [-0.05, 0) is 137 Å². The molecule has 14 rings (SSSR count). The Morgan fingerprint density at radius 1 is 0.238 bits per heavy atom. The molecule has 0 unspecified atom stereocenters. The van der Waals surface area contributed by atoms with Crippen LogP contribution in [0.2, 0.25) is 0 Å². The van der Waals surface area contributed by atoms with Crippen LogP contribution < -0.4 is 4.90 Å². The van der Waals surface area contributed by atoms with E-state index in [0.717, 1.165) is 17.1 Å². The van der Waals surface area contributed by atoms with Gasteiger partial charge in [0.15, 0.2) is 0 Å². The van der Waals surface area contributed by atoms with Gasteiger partial charge in [-0.15, -0.1) is 0 Å². The van der Waals surface area contributed by atoms with Crippen molar-refractivity contribution in [1.29, 1.82) is 0 Å². The van der Waals surface area contributed by atoms with E-state index in [1.54, 1.807) is 0 Å². The van der Waals surface area contributed by atoms with Crippen LogP contribution in [0.5, 0.6) is 0 Å². The molecule has 1 heteroatoms.